The maximum absolute atomic E-state index is 11.7. The number of aromatic nitrogens is 1. The average molecular weight is 258 g/mol. The van der Waals surface area contributed by atoms with Crippen molar-refractivity contribution in [1.29, 1.82) is 0 Å². The zero-order valence-corrected chi connectivity index (χ0v) is 10.5. The summed E-state index contributed by atoms with van der Waals surface area (Å²) in [7, 11) is 0. The molecule has 0 saturated carbocycles. The molecule has 5 nitrogen and oxygen atoms in total. The Morgan fingerprint density at radius 1 is 1.65 bits per heavy atom. The molecule has 0 aliphatic carbocycles. The normalized spacial score (nSPS) is 10.2. The monoisotopic (exact) mass is 257 g/mol. The molecule has 1 heterocycles. The average Bonchev–Trinajstić information content (AvgIpc) is 2.32. The molecule has 1 rings (SSSR count). The fourth-order valence-corrected chi connectivity index (χ4v) is 1.43. The maximum Gasteiger partial charge on any atom is 0.254 e. The summed E-state index contributed by atoms with van der Waals surface area (Å²) >= 11 is 5.80. The summed E-state index contributed by atoms with van der Waals surface area (Å²) in [6.07, 6.45) is 2.17. The van der Waals surface area contributed by atoms with Crippen LogP contribution in [-0.4, -0.2) is 30.6 Å². The van der Waals surface area contributed by atoms with Gasteiger partial charge >= 0.3 is 0 Å². The van der Waals surface area contributed by atoms with E-state index in [-0.39, 0.29) is 11.1 Å². The van der Waals surface area contributed by atoms with Crippen LogP contribution in [0.2, 0.25) is 5.15 Å². The van der Waals surface area contributed by atoms with Gasteiger partial charge in [0, 0.05) is 19.8 Å². The van der Waals surface area contributed by atoms with Gasteiger partial charge in [-0.1, -0.05) is 11.6 Å². The summed E-state index contributed by atoms with van der Waals surface area (Å²) in [5.41, 5.74) is 6.24. The number of nitrogens with two attached hydrogens (primary N) is 1. The Labute approximate surface area is 105 Å². The number of ether oxygens (including phenoxy) is 1. The Bertz CT molecular complexity index is 385. The highest BCUT2D eigenvalue weighted by molar-refractivity contribution is 6.32. The van der Waals surface area contributed by atoms with Crippen molar-refractivity contribution in [1.82, 2.24) is 10.3 Å². The van der Waals surface area contributed by atoms with Crippen molar-refractivity contribution in [2.75, 3.05) is 25.5 Å². The van der Waals surface area contributed by atoms with Gasteiger partial charge in [0.2, 0.25) is 0 Å². The summed E-state index contributed by atoms with van der Waals surface area (Å²) in [5, 5.41) is 2.88. The van der Waals surface area contributed by atoms with Crippen LogP contribution in [0.5, 0.6) is 0 Å². The number of pyridine rings is 1. The number of nitrogens with one attached hydrogen (secondary N) is 1. The second kappa shape index (κ2) is 7.09. The summed E-state index contributed by atoms with van der Waals surface area (Å²) in [4.78, 5) is 15.5. The predicted molar refractivity (Wildman–Crippen MR) is 67.1 cm³/mol. The molecular formula is C11H16ClN3O2. The predicted octanol–water partition coefficient (Wildman–Crippen LogP) is 1.47. The van der Waals surface area contributed by atoms with Gasteiger partial charge in [0.15, 0.2) is 0 Å². The van der Waals surface area contributed by atoms with Crippen molar-refractivity contribution in [3.63, 3.8) is 0 Å². The minimum absolute atomic E-state index is 0.154. The van der Waals surface area contributed by atoms with Crippen LogP contribution in [0.4, 0.5) is 5.69 Å². The zero-order valence-electron chi connectivity index (χ0n) is 9.70. The number of nitrogens with zero attached hydrogens (tertiary/aromatic N) is 1. The van der Waals surface area contributed by atoms with Crippen LogP contribution in [0.3, 0.4) is 0 Å². The van der Waals surface area contributed by atoms with Gasteiger partial charge in [0.1, 0.15) is 5.15 Å². The zero-order chi connectivity index (χ0) is 12.7. The van der Waals surface area contributed by atoms with Crippen LogP contribution in [0.25, 0.3) is 0 Å². The van der Waals surface area contributed by atoms with Gasteiger partial charge in [-0.25, -0.2) is 4.98 Å². The van der Waals surface area contributed by atoms with Gasteiger partial charge in [-0.15, -0.1) is 0 Å². The molecule has 3 N–H and O–H groups in total. The first-order chi connectivity index (χ1) is 8.15. The highest BCUT2D eigenvalue weighted by Crippen LogP contribution is 2.15. The second-order valence-corrected chi connectivity index (χ2v) is 3.77. The lowest BCUT2D eigenvalue weighted by Crippen LogP contribution is -2.25. The Kier molecular flexibility index (Phi) is 5.72. The molecule has 0 bridgehead atoms. The Hall–Kier alpha value is -1.33. The number of hydrogen-bond donors (Lipinski definition) is 2. The van der Waals surface area contributed by atoms with Gasteiger partial charge in [0.05, 0.1) is 17.4 Å². The molecule has 0 fully saturated rings. The Balaban J connectivity index is 2.44. The van der Waals surface area contributed by atoms with Gasteiger partial charge in [-0.2, -0.15) is 0 Å². The molecule has 0 aliphatic rings. The number of carbonyl (C=O) groups is 1. The number of nitrogen functional groups attached to an aromatic ring is 1. The first-order valence-corrected chi connectivity index (χ1v) is 5.80. The van der Waals surface area contributed by atoms with Gasteiger partial charge < -0.3 is 15.8 Å². The molecule has 0 radical (unpaired) electrons. The van der Waals surface area contributed by atoms with E-state index in [2.05, 4.69) is 10.3 Å². The van der Waals surface area contributed by atoms with Crippen LogP contribution >= 0.6 is 11.6 Å². The molecule has 1 aromatic heterocycles. The van der Waals surface area contributed by atoms with E-state index in [1.54, 1.807) is 0 Å². The van der Waals surface area contributed by atoms with Crippen molar-refractivity contribution >= 4 is 23.2 Å². The van der Waals surface area contributed by atoms with E-state index >= 15 is 0 Å². The van der Waals surface area contributed by atoms with Gasteiger partial charge in [-0.05, 0) is 19.4 Å². The third-order valence-electron chi connectivity index (χ3n) is 2.06. The van der Waals surface area contributed by atoms with E-state index in [0.29, 0.717) is 31.0 Å². The van der Waals surface area contributed by atoms with E-state index in [1.165, 1.54) is 12.3 Å². The Morgan fingerprint density at radius 3 is 3.12 bits per heavy atom. The second-order valence-electron chi connectivity index (χ2n) is 3.41. The van der Waals surface area contributed by atoms with Crippen LogP contribution in [0.1, 0.15) is 23.7 Å². The van der Waals surface area contributed by atoms with Crippen molar-refractivity contribution in [3.05, 3.63) is 23.0 Å². The fourth-order valence-electron chi connectivity index (χ4n) is 1.24. The molecule has 0 aliphatic heterocycles. The molecule has 0 unspecified atom stereocenters. The lowest BCUT2D eigenvalue weighted by Gasteiger charge is -2.06. The van der Waals surface area contributed by atoms with Gasteiger partial charge in [-0.3, -0.25) is 4.79 Å². The van der Waals surface area contributed by atoms with Crippen molar-refractivity contribution in [2.24, 2.45) is 0 Å². The lowest BCUT2D eigenvalue weighted by atomic mass is 10.2. The smallest absolute Gasteiger partial charge is 0.254 e. The largest absolute Gasteiger partial charge is 0.397 e. The van der Waals surface area contributed by atoms with Crippen LogP contribution in [-0.2, 0) is 4.74 Å². The van der Waals surface area contributed by atoms with Crippen molar-refractivity contribution in [3.8, 4) is 0 Å². The maximum atomic E-state index is 11.7. The molecule has 6 heteroatoms. The minimum atomic E-state index is -0.272. The summed E-state index contributed by atoms with van der Waals surface area (Å²) in [6, 6.07) is 1.51. The molecule has 1 amide bonds. The topological polar surface area (TPSA) is 77.2 Å². The quantitative estimate of drug-likeness (QED) is 0.598. The number of halogens is 1. The van der Waals surface area contributed by atoms with Gasteiger partial charge in [0.25, 0.3) is 5.91 Å². The summed E-state index contributed by atoms with van der Waals surface area (Å²) in [5.74, 6) is -0.272. The molecule has 0 atom stereocenters. The van der Waals surface area contributed by atoms with Crippen LogP contribution in [0, 0.1) is 0 Å². The van der Waals surface area contributed by atoms with E-state index in [4.69, 9.17) is 22.1 Å². The summed E-state index contributed by atoms with van der Waals surface area (Å²) < 4.78 is 5.15. The lowest BCUT2D eigenvalue weighted by molar-refractivity contribution is 0.0944. The van der Waals surface area contributed by atoms with E-state index in [0.717, 1.165) is 6.42 Å². The third-order valence-corrected chi connectivity index (χ3v) is 2.36. The number of carbonyl (C=O) groups excluding carboxylic acids is 1. The van der Waals surface area contributed by atoms with E-state index < -0.39 is 0 Å². The first kappa shape index (κ1) is 13.7. The number of hydrogen-bond acceptors (Lipinski definition) is 4. The SMILES string of the molecule is CCOCCCNC(=O)c1cc(N)cnc1Cl. The van der Waals surface area contributed by atoms with Crippen LogP contribution < -0.4 is 11.1 Å². The van der Waals surface area contributed by atoms with Crippen molar-refractivity contribution < 1.29 is 9.53 Å². The van der Waals surface area contributed by atoms with Crippen molar-refractivity contribution in [2.45, 2.75) is 13.3 Å². The number of anilines is 1. The molecule has 0 saturated heterocycles. The van der Waals surface area contributed by atoms with E-state index in [1.807, 2.05) is 6.92 Å². The minimum Gasteiger partial charge on any atom is -0.397 e. The molecule has 17 heavy (non-hydrogen) atoms. The number of amides is 1. The standard InChI is InChI=1S/C11H16ClN3O2/c1-2-17-5-3-4-14-11(16)9-6-8(13)7-15-10(9)12/h6-7H,2-5,13H2,1H3,(H,14,16). The molecule has 0 aromatic carbocycles. The van der Waals surface area contributed by atoms with Crippen LogP contribution in [0.15, 0.2) is 12.3 Å². The molecule has 1 aromatic rings. The molecular weight excluding hydrogens is 242 g/mol. The third kappa shape index (κ3) is 4.58. The summed E-state index contributed by atoms with van der Waals surface area (Å²) in [6.45, 7) is 3.76. The highest BCUT2D eigenvalue weighted by atomic mass is 35.5. The Morgan fingerprint density at radius 2 is 2.41 bits per heavy atom. The molecule has 0 spiro atoms. The van der Waals surface area contributed by atoms with E-state index in [9.17, 15) is 4.79 Å². The molecule has 94 valence electrons. The highest BCUT2D eigenvalue weighted by Gasteiger charge is 2.10. The fraction of sp³-hybridized carbons (Fsp3) is 0.455. The first-order valence-electron chi connectivity index (χ1n) is 5.42. The number of rotatable bonds is 6.